The lowest BCUT2D eigenvalue weighted by Gasteiger charge is -2.19. The Morgan fingerprint density at radius 3 is 2.47 bits per heavy atom. The summed E-state index contributed by atoms with van der Waals surface area (Å²) >= 11 is 0. The SMILES string of the molecule is Cc1cc(CO)cc(N(C)Cc2ccc(F)cc2)n1. The van der Waals surface area contributed by atoms with E-state index in [9.17, 15) is 9.50 Å². The van der Waals surface area contributed by atoms with Crippen molar-refractivity contribution >= 4 is 5.82 Å². The number of aromatic nitrogens is 1. The first-order valence-corrected chi connectivity index (χ1v) is 6.12. The van der Waals surface area contributed by atoms with Gasteiger partial charge in [-0.15, -0.1) is 0 Å². The number of halogens is 1. The minimum Gasteiger partial charge on any atom is -0.392 e. The van der Waals surface area contributed by atoms with Crippen LogP contribution in [0.1, 0.15) is 16.8 Å². The van der Waals surface area contributed by atoms with Crippen LogP contribution in [0.15, 0.2) is 36.4 Å². The summed E-state index contributed by atoms with van der Waals surface area (Å²) in [6.07, 6.45) is 0. The summed E-state index contributed by atoms with van der Waals surface area (Å²) in [6.45, 7) is 2.54. The third-order valence-corrected chi connectivity index (χ3v) is 2.91. The lowest BCUT2D eigenvalue weighted by Crippen LogP contribution is -2.18. The van der Waals surface area contributed by atoms with E-state index >= 15 is 0 Å². The number of rotatable bonds is 4. The zero-order valence-corrected chi connectivity index (χ0v) is 11.1. The van der Waals surface area contributed by atoms with Gasteiger partial charge in [0.05, 0.1) is 6.61 Å². The zero-order valence-electron chi connectivity index (χ0n) is 11.1. The number of hydrogen-bond donors (Lipinski definition) is 1. The Morgan fingerprint density at radius 1 is 1.16 bits per heavy atom. The molecule has 0 aliphatic carbocycles. The normalized spacial score (nSPS) is 10.5. The molecule has 0 aliphatic rings. The van der Waals surface area contributed by atoms with Crippen molar-refractivity contribution in [2.75, 3.05) is 11.9 Å². The van der Waals surface area contributed by atoms with E-state index in [-0.39, 0.29) is 12.4 Å². The van der Waals surface area contributed by atoms with Crippen LogP contribution in [-0.2, 0) is 13.2 Å². The van der Waals surface area contributed by atoms with Crippen molar-refractivity contribution in [1.29, 1.82) is 0 Å². The van der Waals surface area contributed by atoms with Crippen LogP contribution in [0.5, 0.6) is 0 Å². The molecule has 1 N–H and O–H groups in total. The summed E-state index contributed by atoms with van der Waals surface area (Å²) in [5, 5.41) is 9.20. The Kier molecular flexibility index (Phi) is 4.12. The fourth-order valence-corrected chi connectivity index (χ4v) is 1.95. The van der Waals surface area contributed by atoms with E-state index in [0.717, 1.165) is 22.6 Å². The predicted octanol–water partition coefficient (Wildman–Crippen LogP) is 2.66. The first-order chi connectivity index (χ1) is 9.08. The summed E-state index contributed by atoms with van der Waals surface area (Å²) in [6, 6.07) is 10.1. The summed E-state index contributed by atoms with van der Waals surface area (Å²) in [5.74, 6) is 0.566. The molecule has 2 rings (SSSR count). The van der Waals surface area contributed by atoms with E-state index in [1.165, 1.54) is 12.1 Å². The predicted molar refractivity (Wildman–Crippen MR) is 73.4 cm³/mol. The third kappa shape index (κ3) is 3.51. The first kappa shape index (κ1) is 13.5. The topological polar surface area (TPSA) is 36.4 Å². The molecule has 0 bridgehead atoms. The standard InChI is InChI=1S/C15H17FN2O/c1-11-7-13(10-19)8-15(17-11)18(2)9-12-3-5-14(16)6-4-12/h3-8,19H,9-10H2,1-2H3. The number of benzene rings is 1. The van der Waals surface area contributed by atoms with Gasteiger partial charge in [-0.25, -0.2) is 9.37 Å². The van der Waals surface area contributed by atoms with Crippen LogP contribution in [0.25, 0.3) is 0 Å². The van der Waals surface area contributed by atoms with Crippen molar-refractivity contribution in [3.63, 3.8) is 0 Å². The molecule has 0 saturated heterocycles. The number of aliphatic hydroxyl groups excluding tert-OH is 1. The van der Waals surface area contributed by atoms with Crippen LogP contribution in [-0.4, -0.2) is 17.1 Å². The zero-order chi connectivity index (χ0) is 13.8. The number of aryl methyl sites for hydroxylation is 1. The van der Waals surface area contributed by atoms with E-state index in [1.54, 1.807) is 12.1 Å². The van der Waals surface area contributed by atoms with E-state index in [4.69, 9.17) is 0 Å². The maximum absolute atomic E-state index is 12.8. The number of nitrogens with zero attached hydrogens (tertiary/aromatic N) is 2. The molecule has 0 unspecified atom stereocenters. The van der Waals surface area contributed by atoms with E-state index in [2.05, 4.69) is 4.98 Å². The molecule has 1 aromatic heterocycles. The van der Waals surface area contributed by atoms with Gasteiger partial charge in [-0.2, -0.15) is 0 Å². The van der Waals surface area contributed by atoms with Gasteiger partial charge < -0.3 is 10.0 Å². The highest BCUT2D eigenvalue weighted by molar-refractivity contribution is 5.42. The fraction of sp³-hybridized carbons (Fsp3) is 0.267. The van der Waals surface area contributed by atoms with Gasteiger partial charge in [0.15, 0.2) is 0 Å². The van der Waals surface area contributed by atoms with Gasteiger partial charge in [0, 0.05) is 19.3 Å². The highest BCUT2D eigenvalue weighted by Crippen LogP contribution is 2.16. The minimum atomic E-state index is -0.234. The Hall–Kier alpha value is -1.94. The van der Waals surface area contributed by atoms with Crippen molar-refractivity contribution < 1.29 is 9.50 Å². The van der Waals surface area contributed by atoms with Crippen LogP contribution >= 0.6 is 0 Å². The largest absolute Gasteiger partial charge is 0.392 e. The van der Waals surface area contributed by atoms with Gasteiger partial charge in [-0.05, 0) is 42.3 Å². The second kappa shape index (κ2) is 5.80. The van der Waals surface area contributed by atoms with Gasteiger partial charge in [0.1, 0.15) is 11.6 Å². The minimum absolute atomic E-state index is 0.000742. The third-order valence-electron chi connectivity index (χ3n) is 2.91. The molecule has 100 valence electrons. The smallest absolute Gasteiger partial charge is 0.129 e. The Labute approximate surface area is 112 Å². The molecule has 0 spiro atoms. The van der Waals surface area contributed by atoms with Gasteiger partial charge in [0.2, 0.25) is 0 Å². The van der Waals surface area contributed by atoms with E-state index in [0.29, 0.717) is 6.54 Å². The highest BCUT2D eigenvalue weighted by Gasteiger charge is 2.06. The summed E-state index contributed by atoms with van der Waals surface area (Å²) in [5.41, 5.74) is 2.72. The van der Waals surface area contributed by atoms with Crippen LogP contribution in [0.3, 0.4) is 0 Å². The molecule has 2 aromatic rings. The molecule has 0 atom stereocenters. The number of hydrogen-bond acceptors (Lipinski definition) is 3. The molecule has 0 radical (unpaired) electrons. The Balaban J connectivity index is 2.17. The van der Waals surface area contributed by atoms with Gasteiger partial charge in [-0.1, -0.05) is 12.1 Å². The molecule has 4 heteroatoms. The lowest BCUT2D eigenvalue weighted by atomic mass is 10.2. The second-order valence-electron chi connectivity index (χ2n) is 4.62. The lowest BCUT2D eigenvalue weighted by molar-refractivity contribution is 0.281. The van der Waals surface area contributed by atoms with Crippen molar-refractivity contribution in [1.82, 2.24) is 4.98 Å². The van der Waals surface area contributed by atoms with E-state index in [1.807, 2.05) is 31.0 Å². The summed E-state index contributed by atoms with van der Waals surface area (Å²) in [4.78, 5) is 6.41. The van der Waals surface area contributed by atoms with Crippen LogP contribution in [0.2, 0.25) is 0 Å². The molecule has 0 amide bonds. The molecule has 1 heterocycles. The second-order valence-corrected chi connectivity index (χ2v) is 4.62. The molecule has 3 nitrogen and oxygen atoms in total. The Morgan fingerprint density at radius 2 is 1.84 bits per heavy atom. The van der Waals surface area contributed by atoms with E-state index < -0.39 is 0 Å². The number of aliphatic hydroxyl groups is 1. The maximum Gasteiger partial charge on any atom is 0.129 e. The average molecular weight is 260 g/mol. The molecule has 0 aliphatic heterocycles. The number of pyridine rings is 1. The maximum atomic E-state index is 12.8. The fourth-order valence-electron chi connectivity index (χ4n) is 1.95. The van der Waals surface area contributed by atoms with Gasteiger partial charge in [-0.3, -0.25) is 0 Å². The van der Waals surface area contributed by atoms with Crippen molar-refractivity contribution in [3.05, 3.63) is 59.0 Å². The molecular formula is C15H17FN2O. The molecule has 19 heavy (non-hydrogen) atoms. The van der Waals surface area contributed by atoms with Gasteiger partial charge in [0.25, 0.3) is 0 Å². The summed E-state index contributed by atoms with van der Waals surface area (Å²) in [7, 11) is 1.92. The molecular weight excluding hydrogens is 243 g/mol. The van der Waals surface area contributed by atoms with Crippen LogP contribution in [0.4, 0.5) is 10.2 Å². The molecule has 1 aromatic carbocycles. The quantitative estimate of drug-likeness (QED) is 0.918. The molecule has 0 fully saturated rings. The summed E-state index contributed by atoms with van der Waals surface area (Å²) < 4.78 is 12.8. The van der Waals surface area contributed by atoms with Crippen molar-refractivity contribution in [2.24, 2.45) is 0 Å². The van der Waals surface area contributed by atoms with Gasteiger partial charge >= 0.3 is 0 Å². The van der Waals surface area contributed by atoms with Crippen molar-refractivity contribution in [2.45, 2.75) is 20.1 Å². The molecule has 0 saturated carbocycles. The highest BCUT2D eigenvalue weighted by atomic mass is 19.1. The number of anilines is 1. The average Bonchev–Trinajstić information content (AvgIpc) is 2.40. The van der Waals surface area contributed by atoms with Crippen LogP contribution < -0.4 is 4.90 Å². The monoisotopic (exact) mass is 260 g/mol. The van der Waals surface area contributed by atoms with Crippen molar-refractivity contribution in [3.8, 4) is 0 Å². The van der Waals surface area contributed by atoms with Crippen LogP contribution in [0, 0.1) is 12.7 Å². The first-order valence-electron chi connectivity index (χ1n) is 6.12. The Bertz CT molecular complexity index is 555.